The van der Waals surface area contributed by atoms with Gasteiger partial charge in [0, 0.05) is 5.56 Å². The van der Waals surface area contributed by atoms with E-state index in [0.717, 1.165) is 5.56 Å². The zero-order valence-electron chi connectivity index (χ0n) is 12.5. The first kappa shape index (κ1) is 16.2. The monoisotopic (exact) mass is 316 g/mol. The maximum Gasteiger partial charge on any atom is 0.321 e. The van der Waals surface area contributed by atoms with Gasteiger partial charge in [0.25, 0.3) is 0 Å². The molecule has 2 aromatic carbocycles. The minimum absolute atomic E-state index is 0.219. The minimum atomic E-state index is -1.00. The maximum atomic E-state index is 12.9. The topological polar surface area (TPSA) is 43.4 Å². The Bertz CT molecular complexity index is 660. The predicted octanol–water partition coefficient (Wildman–Crippen LogP) is 4.18. The highest BCUT2D eigenvalue weighted by Gasteiger charge is 2.32. The van der Waals surface area contributed by atoms with Crippen LogP contribution >= 0.6 is 11.6 Å². The minimum Gasteiger partial charge on any atom is -0.465 e. The number of ether oxygens (including phenoxy) is 1. The zero-order valence-corrected chi connectivity index (χ0v) is 13.3. The Labute approximate surface area is 134 Å². The van der Waals surface area contributed by atoms with Crippen molar-refractivity contribution in [2.24, 2.45) is 0 Å². The lowest BCUT2D eigenvalue weighted by Gasteiger charge is -2.17. The number of carbonyl (C=O) groups excluding carboxylic acids is 2. The van der Waals surface area contributed by atoms with Crippen LogP contribution in [0.15, 0.2) is 48.5 Å². The molecular formula is C18H17ClO3. The molecule has 0 aromatic heterocycles. The van der Waals surface area contributed by atoms with Gasteiger partial charge in [0.05, 0.1) is 11.6 Å². The molecule has 0 N–H and O–H groups in total. The Hall–Kier alpha value is -2.13. The first-order valence-electron chi connectivity index (χ1n) is 7.07. The average Bonchev–Trinajstić information content (AvgIpc) is 2.48. The van der Waals surface area contributed by atoms with E-state index in [1.54, 1.807) is 56.3 Å². The molecule has 0 aliphatic heterocycles. The van der Waals surface area contributed by atoms with E-state index in [1.165, 1.54) is 0 Å². The molecule has 2 aromatic rings. The highest BCUT2D eigenvalue weighted by molar-refractivity contribution is 6.35. The molecule has 4 heteroatoms. The SMILES string of the molecule is CCOC(=O)C(C(=O)c1c(C)cccc1Cl)c1ccccc1. The summed E-state index contributed by atoms with van der Waals surface area (Å²) >= 11 is 6.16. The van der Waals surface area contributed by atoms with Crippen LogP contribution in [0.25, 0.3) is 0 Å². The van der Waals surface area contributed by atoms with E-state index in [0.29, 0.717) is 16.1 Å². The van der Waals surface area contributed by atoms with Crippen LogP contribution in [0.5, 0.6) is 0 Å². The molecule has 114 valence electrons. The Balaban J connectivity index is 2.50. The third-order valence-electron chi connectivity index (χ3n) is 3.39. The molecule has 0 saturated carbocycles. The van der Waals surface area contributed by atoms with Crippen molar-refractivity contribution < 1.29 is 14.3 Å². The Kier molecular flexibility index (Phi) is 5.34. The second kappa shape index (κ2) is 7.23. The van der Waals surface area contributed by atoms with Gasteiger partial charge in [-0.05, 0) is 31.0 Å². The van der Waals surface area contributed by atoms with Crippen molar-refractivity contribution in [2.75, 3.05) is 6.61 Å². The second-order valence-corrected chi connectivity index (χ2v) is 5.30. The molecule has 3 nitrogen and oxygen atoms in total. The quantitative estimate of drug-likeness (QED) is 0.472. The van der Waals surface area contributed by atoms with Gasteiger partial charge in [-0.15, -0.1) is 0 Å². The standard InChI is InChI=1S/C18H17ClO3/c1-3-22-18(21)16(13-9-5-4-6-10-13)17(20)15-12(2)8-7-11-14(15)19/h4-11,16H,3H2,1-2H3. The summed E-state index contributed by atoms with van der Waals surface area (Å²) in [6, 6.07) is 14.1. The number of rotatable bonds is 5. The van der Waals surface area contributed by atoms with E-state index in [9.17, 15) is 9.59 Å². The lowest BCUT2D eigenvalue weighted by atomic mass is 9.89. The van der Waals surface area contributed by atoms with Crippen LogP contribution in [0.3, 0.4) is 0 Å². The van der Waals surface area contributed by atoms with Crippen LogP contribution < -0.4 is 0 Å². The number of halogens is 1. The third-order valence-corrected chi connectivity index (χ3v) is 3.70. The van der Waals surface area contributed by atoms with Gasteiger partial charge < -0.3 is 4.74 Å². The highest BCUT2D eigenvalue weighted by Crippen LogP contribution is 2.28. The summed E-state index contributed by atoms with van der Waals surface area (Å²) in [4.78, 5) is 25.2. The van der Waals surface area contributed by atoms with Crippen LogP contribution in [0.2, 0.25) is 5.02 Å². The van der Waals surface area contributed by atoms with Gasteiger partial charge in [-0.2, -0.15) is 0 Å². The van der Waals surface area contributed by atoms with Crippen molar-refractivity contribution in [3.05, 3.63) is 70.2 Å². The Morgan fingerprint density at radius 3 is 2.36 bits per heavy atom. The van der Waals surface area contributed by atoms with E-state index in [1.807, 2.05) is 6.07 Å². The first-order valence-corrected chi connectivity index (χ1v) is 7.45. The van der Waals surface area contributed by atoms with E-state index in [-0.39, 0.29) is 12.4 Å². The molecule has 1 atom stereocenters. The molecule has 0 aliphatic rings. The van der Waals surface area contributed by atoms with Crippen molar-refractivity contribution in [1.82, 2.24) is 0 Å². The fourth-order valence-corrected chi connectivity index (χ4v) is 2.67. The van der Waals surface area contributed by atoms with Crippen LogP contribution in [0.4, 0.5) is 0 Å². The molecule has 0 radical (unpaired) electrons. The van der Waals surface area contributed by atoms with Crippen molar-refractivity contribution >= 4 is 23.4 Å². The van der Waals surface area contributed by atoms with Gasteiger partial charge in [0.2, 0.25) is 0 Å². The van der Waals surface area contributed by atoms with Crippen LogP contribution in [-0.4, -0.2) is 18.4 Å². The van der Waals surface area contributed by atoms with Gasteiger partial charge >= 0.3 is 5.97 Å². The second-order valence-electron chi connectivity index (χ2n) is 4.89. The van der Waals surface area contributed by atoms with Gasteiger partial charge in [0.1, 0.15) is 5.92 Å². The summed E-state index contributed by atoms with van der Waals surface area (Å²) < 4.78 is 5.08. The van der Waals surface area contributed by atoms with Gasteiger partial charge in [0.15, 0.2) is 5.78 Å². The molecule has 0 saturated heterocycles. The van der Waals surface area contributed by atoms with Crippen LogP contribution in [0.1, 0.15) is 34.3 Å². The van der Waals surface area contributed by atoms with Gasteiger partial charge in [-0.1, -0.05) is 54.1 Å². The summed E-state index contributed by atoms with van der Waals surface area (Å²) in [6.45, 7) is 3.73. The predicted molar refractivity (Wildman–Crippen MR) is 86.3 cm³/mol. The number of hydrogen-bond acceptors (Lipinski definition) is 3. The van der Waals surface area contributed by atoms with E-state index < -0.39 is 11.9 Å². The van der Waals surface area contributed by atoms with Gasteiger partial charge in [-0.25, -0.2) is 0 Å². The molecule has 1 unspecified atom stereocenters. The number of carbonyl (C=O) groups is 2. The fourth-order valence-electron chi connectivity index (χ4n) is 2.35. The number of aryl methyl sites for hydroxylation is 1. The van der Waals surface area contributed by atoms with Gasteiger partial charge in [-0.3, -0.25) is 9.59 Å². The first-order chi connectivity index (χ1) is 10.6. The molecule has 0 spiro atoms. The Morgan fingerprint density at radius 1 is 1.09 bits per heavy atom. The number of Topliss-reactive ketones (excluding diaryl/α,β-unsaturated/α-hetero) is 1. The normalized spacial score (nSPS) is 11.8. The highest BCUT2D eigenvalue weighted by atomic mass is 35.5. The average molecular weight is 317 g/mol. The van der Waals surface area contributed by atoms with Crippen molar-refractivity contribution in [3.8, 4) is 0 Å². The molecule has 22 heavy (non-hydrogen) atoms. The van der Waals surface area contributed by atoms with Crippen molar-refractivity contribution in [3.63, 3.8) is 0 Å². The summed E-state index contributed by atoms with van der Waals surface area (Å²) in [6.07, 6.45) is 0. The van der Waals surface area contributed by atoms with E-state index >= 15 is 0 Å². The van der Waals surface area contributed by atoms with Crippen molar-refractivity contribution in [1.29, 1.82) is 0 Å². The Morgan fingerprint density at radius 2 is 1.77 bits per heavy atom. The van der Waals surface area contributed by atoms with Crippen molar-refractivity contribution in [2.45, 2.75) is 19.8 Å². The third kappa shape index (κ3) is 3.37. The summed E-state index contributed by atoms with van der Waals surface area (Å²) in [5.41, 5.74) is 1.71. The molecule has 0 aliphatic carbocycles. The fraction of sp³-hybridized carbons (Fsp3) is 0.222. The van der Waals surface area contributed by atoms with E-state index in [4.69, 9.17) is 16.3 Å². The molecule has 0 heterocycles. The molecule has 0 fully saturated rings. The number of ketones is 1. The van der Waals surface area contributed by atoms with E-state index in [2.05, 4.69) is 0 Å². The molecule has 0 bridgehead atoms. The molecule has 2 rings (SSSR count). The number of esters is 1. The summed E-state index contributed by atoms with van der Waals surface area (Å²) in [5.74, 6) is -1.90. The van der Waals surface area contributed by atoms with Crippen LogP contribution in [0, 0.1) is 6.92 Å². The largest absolute Gasteiger partial charge is 0.465 e. The number of hydrogen-bond donors (Lipinski definition) is 0. The maximum absolute atomic E-state index is 12.9. The molecular weight excluding hydrogens is 300 g/mol. The summed E-state index contributed by atoms with van der Waals surface area (Å²) in [5, 5.41) is 0.343. The summed E-state index contributed by atoms with van der Waals surface area (Å²) in [7, 11) is 0. The number of benzene rings is 2. The smallest absolute Gasteiger partial charge is 0.321 e. The lowest BCUT2D eigenvalue weighted by Crippen LogP contribution is -2.25. The molecule has 0 amide bonds. The lowest BCUT2D eigenvalue weighted by molar-refractivity contribution is -0.143. The van der Waals surface area contributed by atoms with Crippen LogP contribution in [-0.2, 0) is 9.53 Å². The zero-order chi connectivity index (χ0) is 16.1.